The number of nitrogens with zero attached hydrogens (tertiary/aromatic N) is 2. The van der Waals surface area contributed by atoms with Gasteiger partial charge >= 0.3 is 0 Å². The molecule has 1 aromatic carbocycles. The lowest BCUT2D eigenvalue weighted by atomic mass is 9.83. The molecule has 26 heavy (non-hydrogen) atoms. The minimum Gasteiger partial charge on any atom is -0.380 e. The maximum absolute atomic E-state index is 12.0. The van der Waals surface area contributed by atoms with Crippen LogP contribution in [-0.4, -0.2) is 35.6 Å². The average Bonchev–Trinajstić information content (AvgIpc) is 2.70. The van der Waals surface area contributed by atoms with Crippen LogP contribution in [0.2, 0.25) is 0 Å². The van der Waals surface area contributed by atoms with Crippen molar-refractivity contribution >= 4 is 11.4 Å². The Hall–Kier alpha value is -2.21. The van der Waals surface area contributed by atoms with Crippen LogP contribution in [0, 0.1) is 5.92 Å². The van der Waals surface area contributed by atoms with Gasteiger partial charge in [-0.25, -0.2) is 0 Å². The van der Waals surface area contributed by atoms with Gasteiger partial charge in [-0.1, -0.05) is 12.5 Å². The van der Waals surface area contributed by atoms with Crippen LogP contribution in [0.25, 0.3) is 0 Å². The van der Waals surface area contributed by atoms with Crippen molar-refractivity contribution in [1.29, 1.82) is 0 Å². The normalized spacial score (nSPS) is 23.5. The molecule has 0 radical (unpaired) electrons. The lowest BCUT2D eigenvalue weighted by molar-refractivity contribution is 0.0649. The summed E-state index contributed by atoms with van der Waals surface area (Å²) in [6.45, 7) is 3.63. The fourth-order valence-corrected chi connectivity index (χ4v) is 4.46. The number of hydrogen-bond acceptors (Lipinski definition) is 6. The second-order valence-electron chi connectivity index (χ2n) is 7.47. The summed E-state index contributed by atoms with van der Waals surface area (Å²) in [5, 5.41) is 6.37. The average molecular weight is 354 g/mol. The zero-order valence-electron chi connectivity index (χ0n) is 15.0. The third-order valence-corrected chi connectivity index (χ3v) is 5.85. The molecule has 0 spiro atoms. The van der Waals surface area contributed by atoms with Gasteiger partial charge in [0.05, 0.1) is 12.2 Å². The van der Waals surface area contributed by atoms with E-state index in [0.717, 1.165) is 12.2 Å². The molecule has 2 fully saturated rings. The molecular weight excluding hydrogens is 328 g/mol. The molecule has 2 atom stereocenters. The zero-order valence-corrected chi connectivity index (χ0v) is 15.0. The minimum absolute atomic E-state index is 0.398. The Balaban J connectivity index is 1.38. The molecule has 2 saturated heterocycles. The Labute approximate surface area is 153 Å². The summed E-state index contributed by atoms with van der Waals surface area (Å²) in [7, 11) is 0. The molecule has 0 aliphatic carbocycles. The van der Waals surface area contributed by atoms with Crippen LogP contribution in [0.3, 0.4) is 0 Å². The molecule has 3 heterocycles. The Kier molecular flexibility index (Phi) is 5.02. The predicted octanol–water partition coefficient (Wildman–Crippen LogP) is 1.97. The Morgan fingerprint density at radius 2 is 1.81 bits per heavy atom. The van der Waals surface area contributed by atoms with Gasteiger partial charge in [0, 0.05) is 18.8 Å². The third kappa shape index (κ3) is 3.38. The number of pyridine rings is 1. The van der Waals surface area contributed by atoms with Crippen LogP contribution in [0.4, 0.5) is 11.4 Å². The van der Waals surface area contributed by atoms with Crippen molar-refractivity contribution in [2.45, 2.75) is 44.7 Å². The van der Waals surface area contributed by atoms with Gasteiger partial charge in [0.2, 0.25) is 0 Å². The zero-order chi connectivity index (χ0) is 17.9. The van der Waals surface area contributed by atoms with E-state index in [2.05, 4.69) is 20.5 Å². The quantitative estimate of drug-likeness (QED) is 0.773. The van der Waals surface area contributed by atoms with Crippen molar-refractivity contribution < 1.29 is 0 Å². The molecular formula is C20H26N4O2. The SMILES string of the molecule is O=c1c(NCc2ccccn2)c(NCC2CCCN3CCCCC23)c1=O. The molecule has 0 bridgehead atoms. The fraction of sp³-hybridized carbons (Fsp3) is 0.550. The minimum atomic E-state index is -0.425. The number of anilines is 2. The highest BCUT2D eigenvalue weighted by molar-refractivity contribution is 5.73. The van der Waals surface area contributed by atoms with Crippen molar-refractivity contribution in [3.8, 4) is 0 Å². The first-order valence-corrected chi connectivity index (χ1v) is 9.69. The van der Waals surface area contributed by atoms with Gasteiger partial charge in [0.25, 0.3) is 10.9 Å². The highest BCUT2D eigenvalue weighted by Crippen LogP contribution is 2.31. The molecule has 2 aromatic rings. The van der Waals surface area contributed by atoms with E-state index in [1.807, 2.05) is 18.2 Å². The van der Waals surface area contributed by atoms with Crippen LogP contribution in [-0.2, 0) is 6.54 Å². The summed E-state index contributed by atoms with van der Waals surface area (Å²) in [5.41, 5.74) is 0.892. The van der Waals surface area contributed by atoms with E-state index < -0.39 is 10.9 Å². The summed E-state index contributed by atoms with van der Waals surface area (Å²) in [6, 6.07) is 6.28. The van der Waals surface area contributed by atoms with E-state index in [0.29, 0.717) is 29.9 Å². The van der Waals surface area contributed by atoms with Crippen molar-refractivity contribution in [1.82, 2.24) is 9.88 Å². The summed E-state index contributed by atoms with van der Waals surface area (Å²) in [5.74, 6) is 0.553. The molecule has 138 valence electrons. The number of hydrogen-bond donors (Lipinski definition) is 2. The number of fused-ring (bicyclic) bond motifs is 1. The maximum atomic E-state index is 12.0. The summed E-state index contributed by atoms with van der Waals surface area (Å²) in [4.78, 5) is 30.8. The maximum Gasteiger partial charge on any atom is 0.253 e. The number of piperidine rings is 2. The topological polar surface area (TPSA) is 74.3 Å². The van der Waals surface area contributed by atoms with Crippen molar-refractivity contribution in [3.63, 3.8) is 0 Å². The third-order valence-electron chi connectivity index (χ3n) is 5.85. The van der Waals surface area contributed by atoms with E-state index in [-0.39, 0.29) is 0 Å². The lowest BCUT2D eigenvalue weighted by Gasteiger charge is -2.44. The van der Waals surface area contributed by atoms with Crippen molar-refractivity contribution in [2.24, 2.45) is 5.92 Å². The lowest BCUT2D eigenvalue weighted by Crippen LogP contribution is -2.50. The molecule has 0 amide bonds. The Morgan fingerprint density at radius 1 is 1.00 bits per heavy atom. The van der Waals surface area contributed by atoms with Crippen LogP contribution in [0.1, 0.15) is 37.8 Å². The van der Waals surface area contributed by atoms with Gasteiger partial charge in [-0.2, -0.15) is 0 Å². The van der Waals surface area contributed by atoms with Crippen molar-refractivity contribution in [3.05, 3.63) is 50.5 Å². The van der Waals surface area contributed by atoms with E-state index >= 15 is 0 Å². The molecule has 2 N–H and O–H groups in total. The Bertz CT molecular complexity index is 811. The predicted molar refractivity (Wildman–Crippen MR) is 103 cm³/mol. The Morgan fingerprint density at radius 3 is 2.62 bits per heavy atom. The molecule has 2 unspecified atom stereocenters. The standard InChI is InChI=1S/C20H26N4O2/c25-19-17(18(20(19)26)23-13-15-7-1-3-9-21-15)22-12-14-6-5-11-24-10-4-2-8-16(14)24/h1,3,7,9,14,16,22-23H,2,4-6,8,10-13H2. The van der Waals surface area contributed by atoms with Gasteiger partial charge < -0.3 is 15.5 Å². The van der Waals surface area contributed by atoms with Gasteiger partial charge in [-0.15, -0.1) is 0 Å². The second kappa shape index (κ2) is 7.58. The van der Waals surface area contributed by atoms with Crippen LogP contribution in [0.5, 0.6) is 0 Å². The largest absolute Gasteiger partial charge is 0.380 e. The summed E-state index contributed by atoms with van der Waals surface area (Å²) < 4.78 is 0. The highest BCUT2D eigenvalue weighted by atomic mass is 16.2. The molecule has 0 saturated carbocycles. The van der Waals surface area contributed by atoms with Gasteiger partial charge in [-0.3, -0.25) is 14.6 Å². The smallest absolute Gasteiger partial charge is 0.253 e. The molecule has 4 rings (SSSR count). The molecule has 2 aliphatic heterocycles. The van der Waals surface area contributed by atoms with Crippen molar-refractivity contribution in [2.75, 3.05) is 30.3 Å². The summed E-state index contributed by atoms with van der Waals surface area (Å²) >= 11 is 0. The number of rotatable bonds is 6. The van der Waals surface area contributed by atoms with E-state index in [4.69, 9.17) is 0 Å². The first-order chi connectivity index (χ1) is 12.7. The van der Waals surface area contributed by atoms with E-state index in [1.165, 1.54) is 45.2 Å². The van der Waals surface area contributed by atoms with Crippen LogP contribution in [0.15, 0.2) is 34.0 Å². The van der Waals surface area contributed by atoms with E-state index in [9.17, 15) is 9.59 Å². The highest BCUT2D eigenvalue weighted by Gasteiger charge is 2.33. The van der Waals surface area contributed by atoms with Gasteiger partial charge in [0.15, 0.2) is 0 Å². The second-order valence-corrected chi connectivity index (χ2v) is 7.47. The number of aromatic nitrogens is 1. The fourth-order valence-electron chi connectivity index (χ4n) is 4.46. The van der Waals surface area contributed by atoms with Gasteiger partial charge in [-0.05, 0) is 56.8 Å². The molecule has 1 aromatic heterocycles. The summed E-state index contributed by atoms with van der Waals surface area (Å²) in [6.07, 6.45) is 7.99. The van der Waals surface area contributed by atoms with Crippen LogP contribution < -0.4 is 21.5 Å². The van der Waals surface area contributed by atoms with E-state index in [1.54, 1.807) is 6.20 Å². The first kappa shape index (κ1) is 17.2. The molecule has 6 heteroatoms. The number of nitrogens with one attached hydrogen (secondary N) is 2. The first-order valence-electron chi connectivity index (χ1n) is 9.69. The monoisotopic (exact) mass is 354 g/mol. The van der Waals surface area contributed by atoms with Crippen LogP contribution >= 0.6 is 0 Å². The van der Waals surface area contributed by atoms with Gasteiger partial charge in [0.1, 0.15) is 11.4 Å². The molecule has 6 nitrogen and oxygen atoms in total. The molecule has 2 aliphatic rings.